The second-order valence-corrected chi connectivity index (χ2v) is 5.50. The maximum absolute atomic E-state index is 13.7. The zero-order chi connectivity index (χ0) is 15.6. The van der Waals surface area contributed by atoms with Gasteiger partial charge in [0.25, 0.3) is 15.7 Å². The zero-order valence-electron chi connectivity index (χ0n) is 10.2. The summed E-state index contributed by atoms with van der Waals surface area (Å²) in [6, 6.07) is 4.15. The number of pyridine rings is 1. The molecule has 0 bridgehead atoms. The molecule has 110 valence electrons. The predicted molar refractivity (Wildman–Crippen MR) is 68.1 cm³/mol. The van der Waals surface area contributed by atoms with Gasteiger partial charge in [-0.15, -0.1) is 0 Å². The molecule has 1 aromatic heterocycles. The van der Waals surface area contributed by atoms with E-state index >= 15 is 0 Å². The summed E-state index contributed by atoms with van der Waals surface area (Å²) >= 11 is 0. The minimum atomic E-state index is -4.31. The van der Waals surface area contributed by atoms with Crippen LogP contribution >= 0.6 is 0 Å². The predicted octanol–water partition coefficient (Wildman–Crippen LogP) is 2.07. The maximum Gasteiger partial charge on any atom is 0.272 e. The average molecular weight is 315 g/mol. The number of rotatable bonds is 4. The summed E-state index contributed by atoms with van der Waals surface area (Å²) in [7, 11) is -4.31. The van der Waals surface area contributed by atoms with E-state index in [9.17, 15) is 27.3 Å². The lowest BCUT2D eigenvalue weighted by Gasteiger charge is -2.08. The van der Waals surface area contributed by atoms with Crippen LogP contribution in [0.1, 0.15) is 0 Å². The third-order valence-electron chi connectivity index (χ3n) is 2.40. The van der Waals surface area contributed by atoms with Crippen LogP contribution in [0, 0.1) is 21.9 Å². The van der Waals surface area contributed by atoms with Gasteiger partial charge in [0.15, 0.2) is 5.82 Å². The molecule has 10 heteroatoms. The van der Waals surface area contributed by atoms with Crippen LogP contribution in [0.5, 0.6) is 0 Å². The molecule has 1 aromatic carbocycles. The molecule has 0 atom stereocenters. The van der Waals surface area contributed by atoms with Gasteiger partial charge < -0.3 is 0 Å². The van der Waals surface area contributed by atoms with Crippen LogP contribution < -0.4 is 4.72 Å². The highest BCUT2D eigenvalue weighted by molar-refractivity contribution is 7.92. The first-order valence-corrected chi connectivity index (χ1v) is 6.86. The van der Waals surface area contributed by atoms with E-state index in [2.05, 4.69) is 4.98 Å². The van der Waals surface area contributed by atoms with Gasteiger partial charge in [-0.1, -0.05) is 0 Å². The lowest BCUT2D eigenvalue weighted by molar-refractivity contribution is -0.385. The number of non-ortho nitro benzene ring substituents is 1. The van der Waals surface area contributed by atoms with Crippen molar-refractivity contribution in [3.63, 3.8) is 0 Å². The molecule has 21 heavy (non-hydrogen) atoms. The van der Waals surface area contributed by atoms with Gasteiger partial charge in [-0.05, 0) is 18.2 Å². The first-order valence-electron chi connectivity index (χ1n) is 5.38. The quantitative estimate of drug-likeness (QED) is 0.528. The SMILES string of the molecule is O=[N+]([O-])c1ccc(S(=O)(=O)Nc2ccc(F)nc2)c(F)c1. The summed E-state index contributed by atoms with van der Waals surface area (Å²) in [5.41, 5.74) is -0.649. The summed E-state index contributed by atoms with van der Waals surface area (Å²) < 4.78 is 52.2. The van der Waals surface area contributed by atoms with Crippen molar-refractivity contribution in [3.05, 3.63) is 58.4 Å². The Labute approximate surface area is 117 Å². The summed E-state index contributed by atoms with van der Waals surface area (Å²) in [6.45, 7) is 0. The molecule has 2 rings (SSSR count). The average Bonchev–Trinajstić information content (AvgIpc) is 2.40. The van der Waals surface area contributed by atoms with Gasteiger partial charge in [-0.3, -0.25) is 14.8 Å². The highest BCUT2D eigenvalue weighted by Crippen LogP contribution is 2.22. The fraction of sp³-hybridized carbons (Fsp3) is 0. The second-order valence-electron chi connectivity index (χ2n) is 3.85. The van der Waals surface area contributed by atoms with Crippen LogP contribution in [0.15, 0.2) is 41.4 Å². The highest BCUT2D eigenvalue weighted by Gasteiger charge is 2.22. The van der Waals surface area contributed by atoms with Crippen molar-refractivity contribution >= 4 is 21.4 Å². The Morgan fingerprint density at radius 3 is 2.43 bits per heavy atom. The molecule has 0 fully saturated rings. The summed E-state index contributed by atoms with van der Waals surface area (Å²) in [5.74, 6) is -2.08. The number of halogens is 2. The number of benzene rings is 1. The molecule has 0 radical (unpaired) electrons. The smallest absolute Gasteiger partial charge is 0.272 e. The Hall–Kier alpha value is -2.62. The lowest BCUT2D eigenvalue weighted by Crippen LogP contribution is -2.15. The van der Waals surface area contributed by atoms with E-state index in [0.717, 1.165) is 30.5 Å². The van der Waals surface area contributed by atoms with E-state index in [4.69, 9.17) is 0 Å². The molecule has 0 saturated carbocycles. The number of nitrogens with one attached hydrogen (secondary N) is 1. The minimum Gasteiger partial charge on any atom is -0.278 e. The molecule has 0 saturated heterocycles. The molecule has 7 nitrogen and oxygen atoms in total. The van der Waals surface area contributed by atoms with Crippen LogP contribution in [-0.4, -0.2) is 18.3 Å². The molecule has 1 N–H and O–H groups in total. The molecule has 2 aromatic rings. The minimum absolute atomic E-state index is 0.0749. The van der Waals surface area contributed by atoms with E-state index in [0.29, 0.717) is 6.07 Å². The normalized spacial score (nSPS) is 11.1. The zero-order valence-corrected chi connectivity index (χ0v) is 11.0. The molecule has 0 aliphatic carbocycles. The van der Waals surface area contributed by atoms with E-state index in [1.807, 2.05) is 4.72 Å². The maximum atomic E-state index is 13.7. The number of hydrogen-bond donors (Lipinski definition) is 1. The van der Waals surface area contributed by atoms with Crippen LogP contribution in [0.25, 0.3) is 0 Å². The van der Waals surface area contributed by atoms with Crippen molar-refractivity contribution < 1.29 is 22.1 Å². The van der Waals surface area contributed by atoms with E-state index in [1.165, 1.54) is 0 Å². The van der Waals surface area contributed by atoms with Gasteiger partial charge in [0, 0.05) is 6.07 Å². The molecule has 1 heterocycles. The van der Waals surface area contributed by atoms with Crippen molar-refractivity contribution in [1.29, 1.82) is 0 Å². The van der Waals surface area contributed by atoms with Crippen LogP contribution in [0.2, 0.25) is 0 Å². The number of anilines is 1. The van der Waals surface area contributed by atoms with Crippen LogP contribution in [-0.2, 0) is 10.0 Å². The van der Waals surface area contributed by atoms with Crippen molar-refractivity contribution in [2.75, 3.05) is 4.72 Å². The molecule has 0 aliphatic heterocycles. The fourth-order valence-corrected chi connectivity index (χ4v) is 2.57. The van der Waals surface area contributed by atoms with E-state index in [1.54, 1.807) is 0 Å². The van der Waals surface area contributed by atoms with Crippen molar-refractivity contribution in [2.45, 2.75) is 4.90 Å². The Morgan fingerprint density at radius 1 is 1.19 bits per heavy atom. The van der Waals surface area contributed by atoms with Gasteiger partial charge in [0.05, 0.1) is 22.9 Å². The molecule has 0 amide bonds. The van der Waals surface area contributed by atoms with Gasteiger partial charge in [0.1, 0.15) is 4.90 Å². The van der Waals surface area contributed by atoms with Crippen LogP contribution in [0.4, 0.5) is 20.2 Å². The Kier molecular flexibility index (Phi) is 3.80. The lowest BCUT2D eigenvalue weighted by atomic mass is 10.3. The Morgan fingerprint density at radius 2 is 1.90 bits per heavy atom. The molecule has 0 spiro atoms. The first kappa shape index (κ1) is 14.8. The number of sulfonamides is 1. The number of nitro benzene ring substituents is 1. The number of hydrogen-bond acceptors (Lipinski definition) is 5. The third-order valence-corrected chi connectivity index (χ3v) is 3.81. The first-order chi connectivity index (χ1) is 9.79. The Balaban J connectivity index is 2.35. The topological polar surface area (TPSA) is 102 Å². The number of nitrogens with zero attached hydrogens (tertiary/aromatic N) is 2. The molecule has 0 aliphatic rings. The van der Waals surface area contributed by atoms with Gasteiger partial charge in [-0.2, -0.15) is 4.39 Å². The third kappa shape index (κ3) is 3.28. The fourth-order valence-electron chi connectivity index (χ4n) is 1.47. The monoisotopic (exact) mass is 315 g/mol. The molecular formula is C11H7F2N3O4S. The molecule has 0 unspecified atom stereocenters. The second kappa shape index (κ2) is 5.40. The van der Waals surface area contributed by atoms with Crippen LogP contribution in [0.3, 0.4) is 0 Å². The van der Waals surface area contributed by atoms with Crippen molar-refractivity contribution in [1.82, 2.24) is 4.98 Å². The van der Waals surface area contributed by atoms with Gasteiger partial charge in [0.2, 0.25) is 5.95 Å². The summed E-state index contributed by atoms with van der Waals surface area (Å²) in [6.07, 6.45) is 0.913. The highest BCUT2D eigenvalue weighted by atomic mass is 32.2. The van der Waals surface area contributed by atoms with Gasteiger partial charge in [-0.25, -0.2) is 17.8 Å². The number of aromatic nitrogens is 1. The van der Waals surface area contributed by atoms with Crippen molar-refractivity contribution in [3.8, 4) is 0 Å². The Bertz CT molecular complexity index is 794. The summed E-state index contributed by atoms with van der Waals surface area (Å²) in [5, 5.41) is 10.5. The largest absolute Gasteiger partial charge is 0.278 e. The summed E-state index contributed by atoms with van der Waals surface area (Å²) in [4.78, 5) is 12.1. The van der Waals surface area contributed by atoms with E-state index < -0.39 is 37.3 Å². The van der Waals surface area contributed by atoms with E-state index in [-0.39, 0.29) is 5.69 Å². The van der Waals surface area contributed by atoms with Crippen molar-refractivity contribution in [2.24, 2.45) is 0 Å². The standard InChI is InChI=1S/C11H7F2N3O4S/c12-9-5-8(16(17)18)2-3-10(9)21(19,20)15-7-1-4-11(13)14-6-7/h1-6,15H. The van der Waals surface area contributed by atoms with Gasteiger partial charge >= 0.3 is 0 Å². The molecular weight excluding hydrogens is 308 g/mol. The number of nitro groups is 1.